The number of likely N-dealkylation sites (N-methyl/N-ethyl adjacent to an activating group) is 1. The smallest absolute Gasteiger partial charge is 0.340 e. The number of nitrogens with zero attached hydrogens (tertiary/aromatic N) is 2. The monoisotopic (exact) mass is 294 g/mol. The molecule has 5 heteroatoms. The van der Waals surface area contributed by atoms with Crippen LogP contribution in [0.4, 0.5) is 4.39 Å². The minimum Gasteiger partial charge on any atom is -0.465 e. The molecule has 0 saturated carbocycles. The topological polar surface area (TPSA) is 32.8 Å². The van der Waals surface area contributed by atoms with Gasteiger partial charge in [-0.05, 0) is 44.6 Å². The highest BCUT2D eigenvalue weighted by molar-refractivity contribution is 5.89. The summed E-state index contributed by atoms with van der Waals surface area (Å²) in [5.41, 5.74) is 0.876. The summed E-state index contributed by atoms with van der Waals surface area (Å²) in [6.07, 6.45) is 1.11. The summed E-state index contributed by atoms with van der Waals surface area (Å²) in [6, 6.07) is 5.18. The molecule has 1 fully saturated rings. The molecule has 21 heavy (non-hydrogen) atoms. The van der Waals surface area contributed by atoms with Crippen molar-refractivity contribution in [3.8, 4) is 0 Å². The molecule has 4 nitrogen and oxygen atoms in total. The van der Waals surface area contributed by atoms with E-state index < -0.39 is 11.8 Å². The highest BCUT2D eigenvalue weighted by Crippen LogP contribution is 2.16. The first-order valence-corrected chi connectivity index (χ1v) is 7.30. The number of hydrogen-bond donors (Lipinski definition) is 0. The van der Waals surface area contributed by atoms with Gasteiger partial charge in [0, 0.05) is 25.7 Å². The van der Waals surface area contributed by atoms with Crippen molar-refractivity contribution < 1.29 is 13.9 Å². The molecular weight excluding hydrogens is 271 g/mol. The second-order valence-electron chi connectivity index (χ2n) is 5.74. The van der Waals surface area contributed by atoms with Crippen molar-refractivity contribution in [3.05, 3.63) is 35.1 Å². The van der Waals surface area contributed by atoms with Gasteiger partial charge < -0.3 is 9.64 Å². The first-order valence-electron chi connectivity index (χ1n) is 7.30. The molecule has 0 N–H and O–H groups in total. The van der Waals surface area contributed by atoms with Gasteiger partial charge in [-0.2, -0.15) is 0 Å². The van der Waals surface area contributed by atoms with Crippen LogP contribution in [-0.2, 0) is 11.3 Å². The van der Waals surface area contributed by atoms with Crippen molar-refractivity contribution in [2.24, 2.45) is 0 Å². The second kappa shape index (κ2) is 7.00. The molecule has 0 aromatic heterocycles. The van der Waals surface area contributed by atoms with Crippen LogP contribution in [0, 0.1) is 5.82 Å². The van der Waals surface area contributed by atoms with Crippen molar-refractivity contribution in [3.63, 3.8) is 0 Å². The summed E-state index contributed by atoms with van der Waals surface area (Å²) >= 11 is 0. The van der Waals surface area contributed by atoms with E-state index in [0.717, 1.165) is 31.6 Å². The third kappa shape index (κ3) is 4.02. The van der Waals surface area contributed by atoms with E-state index in [1.165, 1.54) is 19.2 Å². The van der Waals surface area contributed by atoms with E-state index in [1.807, 2.05) is 0 Å². The summed E-state index contributed by atoms with van der Waals surface area (Å²) in [7, 11) is 3.38. The Balaban J connectivity index is 2.09. The van der Waals surface area contributed by atoms with E-state index in [1.54, 1.807) is 6.07 Å². The van der Waals surface area contributed by atoms with Gasteiger partial charge >= 0.3 is 5.97 Å². The zero-order valence-electron chi connectivity index (χ0n) is 12.9. The number of esters is 1. The number of benzene rings is 1. The number of methoxy groups -OCH3 is 1. The number of carbonyl (C=O) groups is 1. The van der Waals surface area contributed by atoms with E-state index in [9.17, 15) is 9.18 Å². The van der Waals surface area contributed by atoms with Crippen molar-refractivity contribution in [2.45, 2.75) is 25.9 Å². The van der Waals surface area contributed by atoms with Gasteiger partial charge in [0.05, 0.1) is 12.7 Å². The van der Waals surface area contributed by atoms with Crippen LogP contribution in [0.3, 0.4) is 0 Å². The van der Waals surface area contributed by atoms with E-state index in [4.69, 9.17) is 0 Å². The Labute approximate surface area is 125 Å². The largest absolute Gasteiger partial charge is 0.465 e. The van der Waals surface area contributed by atoms with Gasteiger partial charge in [0.2, 0.25) is 0 Å². The summed E-state index contributed by atoms with van der Waals surface area (Å²) in [5, 5.41) is 0. The molecule has 1 unspecified atom stereocenters. The fraction of sp³-hybridized carbons (Fsp3) is 0.562. The maximum atomic E-state index is 14.0. The summed E-state index contributed by atoms with van der Waals surface area (Å²) in [6.45, 7) is 6.01. The lowest BCUT2D eigenvalue weighted by Gasteiger charge is -2.28. The Hall–Kier alpha value is -1.46. The maximum absolute atomic E-state index is 14.0. The average Bonchev–Trinajstić information content (AvgIpc) is 2.60. The zero-order valence-corrected chi connectivity index (χ0v) is 12.9. The van der Waals surface area contributed by atoms with Gasteiger partial charge in [0.25, 0.3) is 0 Å². The van der Waals surface area contributed by atoms with Gasteiger partial charge in [-0.15, -0.1) is 0 Å². The van der Waals surface area contributed by atoms with Crippen LogP contribution in [0.2, 0.25) is 0 Å². The highest BCUT2D eigenvalue weighted by atomic mass is 19.1. The first-order chi connectivity index (χ1) is 10.0. The number of rotatable bonds is 3. The van der Waals surface area contributed by atoms with Crippen LogP contribution in [0.25, 0.3) is 0 Å². The summed E-state index contributed by atoms with van der Waals surface area (Å²) < 4.78 is 18.5. The normalized spacial score (nSPS) is 21.0. The fourth-order valence-corrected chi connectivity index (χ4v) is 2.82. The van der Waals surface area contributed by atoms with Crippen molar-refractivity contribution in [1.82, 2.24) is 9.80 Å². The van der Waals surface area contributed by atoms with Gasteiger partial charge in [-0.3, -0.25) is 4.90 Å². The molecule has 0 radical (unpaired) electrons. The van der Waals surface area contributed by atoms with Gasteiger partial charge in [-0.25, -0.2) is 9.18 Å². The molecule has 0 spiro atoms. The summed E-state index contributed by atoms with van der Waals surface area (Å²) in [4.78, 5) is 16.1. The van der Waals surface area contributed by atoms with Crippen LogP contribution in [0.1, 0.15) is 29.3 Å². The van der Waals surface area contributed by atoms with E-state index in [0.29, 0.717) is 12.6 Å². The number of halogens is 1. The lowest BCUT2D eigenvalue weighted by Crippen LogP contribution is -2.37. The Bertz CT molecular complexity index is 507. The van der Waals surface area contributed by atoms with Gasteiger partial charge in [0.15, 0.2) is 0 Å². The van der Waals surface area contributed by atoms with Crippen LogP contribution in [-0.4, -0.2) is 55.6 Å². The molecule has 1 aromatic carbocycles. The molecule has 1 aliphatic rings. The Morgan fingerprint density at radius 2 is 2.19 bits per heavy atom. The molecule has 0 bridgehead atoms. The Morgan fingerprint density at radius 1 is 1.43 bits per heavy atom. The minimum atomic E-state index is -0.635. The number of hydrogen-bond acceptors (Lipinski definition) is 4. The van der Waals surface area contributed by atoms with Crippen molar-refractivity contribution >= 4 is 5.97 Å². The molecule has 1 aliphatic heterocycles. The minimum absolute atomic E-state index is 0.00935. The second-order valence-corrected chi connectivity index (χ2v) is 5.74. The fourth-order valence-electron chi connectivity index (χ4n) is 2.82. The average molecular weight is 294 g/mol. The van der Waals surface area contributed by atoms with E-state index in [2.05, 4.69) is 28.5 Å². The van der Waals surface area contributed by atoms with Crippen molar-refractivity contribution in [1.29, 1.82) is 0 Å². The summed E-state index contributed by atoms with van der Waals surface area (Å²) in [5.74, 6) is -1.15. The molecule has 2 rings (SSSR count). The van der Waals surface area contributed by atoms with Crippen molar-refractivity contribution in [2.75, 3.05) is 33.8 Å². The first kappa shape index (κ1) is 15.9. The van der Waals surface area contributed by atoms with Crippen LogP contribution >= 0.6 is 0 Å². The molecular formula is C16H23FN2O2. The molecule has 1 heterocycles. The quantitative estimate of drug-likeness (QED) is 0.800. The van der Waals surface area contributed by atoms with Gasteiger partial charge in [0.1, 0.15) is 5.82 Å². The number of ether oxygens (including phenoxy) is 1. The highest BCUT2D eigenvalue weighted by Gasteiger charge is 2.20. The standard InChI is InChI=1S/C16H23FN2O2/c1-12-10-18(2)7-4-8-19(12)11-13-5-6-14(15(17)9-13)16(20)21-3/h5-6,9,12H,4,7-8,10-11H2,1-3H3. The third-order valence-corrected chi connectivity index (χ3v) is 4.01. The molecule has 0 amide bonds. The lowest BCUT2D eigenvalue weighted by molar-refractivity contribution is 0.0595. The maximum Gasteiger partial charge on any atom is 0.340 e. The lowest BCUT2D eigenvalue weighted by atomic mass is 10.1. The Kier molecular flexibility index (Phi) is 5.31. The number of carbonyl (C=O) groups excluding carboxylic acids is 1. The zero-order chi connectivity index (χ0) is 15.4. The SMILES string of the molecule is COC(=O)c1ccc(CN2CCCN(C)CC2C)cc1F. The third-order valence-electron chi connectivity index (χ3n) is 4.01. The molecule has 1 aromatic rings. The Morgan fingerprint density at radius 3 is 2.86 bits per heavy atom. The van der Waals surface area contributed by atoms with Crippen LogP contribution in [0.5, 0.6) is 0 Å². The molecule has 1 saturated heterocycles. The molecule has 116 valence electrons. The molecule has 0 aliphatic carbocycles. The molecule has 1 atom stereocenters. The van der Waals surface area contributed by atoms with E-state index in [-0.39, 0.29) is 5.56 Å². The van der Waals surface area contributed by atoms with E-state index >= 15 is 0 Å². The van der Waals surface area contributed by atoms with Gasteiger partial charge in [-0.1, -0.05) is 6.07 Å². The van der Waals surface area contributed by atoms with Crippen LogP contribution in [0.15, 0.2) is 18.2 Å². The van der Waals surface area contributed by atoms with Crippen LogP contribution < -0.4 is 0 Å². The predicted molar refractivity (Wildman–Crippen MR) is 79.7 cm³/mol. The predicted octanol–water partition coefficient (Wildman–Crippen LogP) is 2.14.